The fourth-order valence-corrected chi connectivity index (χ4v) is 2.07. The highest BCUT2D eigenvalue weighted by Crippen LogP contribution is 2.10. The fourth-order valence-electron chi connectivity index (χ4n) is 2.07. The maximum atomic E-state index is 3.86. The molecular formula is C17H33. The van der Waals surface area contributed by atoms with Gasteiger partial charge in [-0.1, -0.05) is 83.8 Å². The summed E-state index contributed by atoms with van der Waals surface area (Å²) in [6.07, 6.45) is 22.4. The molecule has 0 aliphatic heterocycles. The predicted molar refractivity (Wildman–Crippen MR) is 80.2 cm³/mol. The minimum Gasteiger partial charge on any atom is -0.0885 e. The first-order valence-electron chi connectivity index (χ1n) is 7.86. The van der Waals surface area contributed by atoms with E-state index >= 15 is 0 Å². The van der Waals surface area contributed by atoms with Crippen LogP contribution in [0.2, 0.25) is 0 Å². The molecule has 0 aromatic carbocycles. The maximum absolute atomic E-state index is 3.86. The van der Waals surface area contributed by atoms with Gasteiger partial charge in [0, 0.05) is 0 Å². The van der Waals surface area contributed by atoms with E-state index in [1.54, 1.807) is 0 Å². The van der Waals surface area contributed by atoms with Gasteiger partial charge in [0.15, 0.2) is 0 Å². The van der Waals surface area contributed by atoms with Crippen LogP contribution >= 0.6 is 0 Å². The molecule has 0 aliphatic rings. The molecule has 0 nitrogen and oxygen atoms in total. The van der Waals surface area contributed by atoms with Gasteiger partial charge in [-0.15, -0.1) is 0 Å². The van der Waals surface area contributed by atoms with Crippen LogP contribution in [0.15, 0.2) is 12.2 Å². The van der Waals surface area contributed by atoms with E-state index in [4.69, 9.17) is 0 Å². The quantitative estimate of drug-likeness (QED) is 0.254. The summed E-state index contributed by atoms with van der Waals surface area (Å²) < 4.78 is 0. The van der Waals surface area contributed by atoms with Gasteiger partial charge in [-0.25, -0.2) is 0 Å². The molecule has 0 unspecified atom stereocenters. The lowest BCUT2D eigenvalue weighted by atomic mass is 10.1. The van der Waals surface area contributed by atoms with Crippen molar-refractivity contribution in [1.82, 2.24) is 0 Å². The normalized spacial score (nSPS) is 11.4. The Kier molecular flexibility index (Phi) is 15.5. The molecule has 0 heteroatoms. The fraction of sp³-hybridized carbons (Fsp3) is 0.824. The summed E-state index contributed by atoms with van der Waals surface area (Å²) in [6, 6.07) is 0. The maximum Gasteiger partial charge on any atom is -0.0351 e. The van der Waals surface area contributed by atoms with Gasteiger partial charge < -0.3 is 0 Å². The van der Waals surface area contributed by atoms with Crippen molar-refractivity contribution in [3.8, 4) is 0 Å². The summed E-state index contributed by atoms with van der Waals surface area (Å²) >= 11 is 0. The average molecular weight is 237 g/mol. The van der Waals surface area contributed by atoms with Crippen molar-refractivity contribution in [3.05, 3.63) is 19.1 Å². The van der Waals surface area contributed by atoms with E-state index in [9.17, 15) is 0 Å². The number of unbranched alkanes of at least 4 members (excludes halogenated alkanes) is 11. The van der Waals surface area contributed by atoms with E-state index < -0.39 is 0 Å². The number of rotatable bonds is 13. The van der Waals surface area contributed by atoms with Crippen LogP contribution in [0.25, 0.3) is 0 Å². The lowest BCUT2D eigenvalue weighted by Gasteiger charge is -1.99. The first kappa shape index (κ1) is 16.7. The Bertz CT molecular complexity index is 146. The topological polar surface area (TPSA) is 0 Å². The van der Waals surface area contributed by atoms with Crippen molar-refractivity contribution in [3.63, 3.8) is 0 Å². The largest absolute Gasteiger partial charge is 0.0885 e. The van der Waals surface area contributed by atoms with Crippen LogP contribution in [0.3, 0.4) is 0 Å². The van der Waals surface area contributed by atoms with Gasteiger partial charge in [0.05, 0.1) is 0 Å². The Morgan fingerprint density at radius 2 is 1.12 bits per heavy atom. The average Bonchev–Trinajstić information content (AvgIpc) is 2.35. The summed E-state index contributed by atoms with van der Waals surface area (Å²) in [5.41, 5.74) is 0. The van der Waals surface area contributed by atoms with Crippen molar-refractivity contribution >= 4 is 0 Å². The summed E-state index contributed by atoms with van der Waals surface area (Å²) in [7, 11) is 0. The number of hydrogen-bond donors (Lipinski definition) is 0. The third-order valence-electron chi connectivity index (χ3n) is 3.26. The van der Waals surface area contributed by atoms with Gasteiger partial charge in [0.25, 0.3) is 0 Å². The molecule has 101 valence electrons. The van der Waals surface area contributed by atoms with Crippen LogP contribution in [0, 0.1) is 6.92 Å². The highest BCUT2D eigenvalue weighted by atomic mass is 14.0. The second-order valence-electron chi connectivity index (χ2n) is 5.08. The van der Waals surface area contributed by atoms with Gasteiger partial charge in [-0.2, -0.15) is 0 Å². The van der Waals surface area contributed by atoms with Crippen molar-refractivity contribution in [2.45, 2.75) is 90.4 Å². The van der Waals surface area contributed by atoms with Gasteiger partial charge in [-0.05, 0) is 25.7 Å². The van der Waals surface area contributed by atoms with E-state index in [-0.39, 0.29) is 0 Å². The first-order valence-corrected chi connectivity index (χ1v) is 7.86. The van der Waals surface area contributed by atoms with E-state index in [0.29, 0.717) is 0 Å². The zero-order valence-electron chi connectivity index (χ0n) is 12.1. The Morgan fingerprint density at radius 3 is 1.65 bits per heavy atom. The van der Waals surface area contributed by atoms with Gasteiger partial charge in [0.2, 0.25) is 0 Å². The van der Waals surface area contributed by atoms with Crippen LogP contribution in [0.4, 0.5) is 0 Å². The van der Waals surface area contributed by atoms with E-state index in [0.717, 1.165) is 6.42 Å². The molecule has 0 bridgehead atoms. The van der Waals surface area contributed by atoms with Crippen LogP contribution < -0.4 is 0 Å². The molecule has 0 aliphatic carbocycles. The zero-order chi connectivity index (χ0) is 12.6. The first-order chi connectivity index (χ1) is 8.41. The Morgan fingerprint density at radius 1 is 0.647 bits per heavy atom. The van der Waals surface area contributed by atoms with E-state index in [1.807, 2.05) is 0 Å². The molecule has 0 atom stereocenters. The lowest BCUT2D eigenvalue weighted by Crippen LogP contribution is -1.80. The zero-order valence-corrected chi connectivity index (χ0v) is 12.1. The van der Waals surface area contributed by atoms with Crippen LogP contribution in [0.1, 0.15) is 90.4 Å². The molecule has 0 fully saturated rings. The lowest BCUT2D eigenvalue weighted by molar-refractivity contribution is 0.577. The molecule has 0 aromatic rings. The molecular weight excluding hydrogens is 204 g/mol. The smallest absolute Gasteiger partial charge is 0.0351 e. The number of allylic oxidation sites excluding steroid dienone is 2. The van der Waals surface area contributed by atoms with E-state index in [1.165, 1.54) is 77.0 Å². The van der Waals surface area contributed by atoms with Crippen LogP contribution in [-0.2, 0) is 0 Å². The molecule has 0 heterocycles. The monoisotopic (exact) mass is 237 g/mol. The highest BCUT2D eigenvalue weighted by Gasteiger charge is 1.90. The van der Waals surface area contributed by atoms with Crippen molar-refractivity contribution in [2.24, 2.45) is 0 Å². The van der Waals surface area contributed by atoms with Crippen molar-refractivity contribution in [2.75, 3.05) is 0 Å². The van der Waals surface area contributed by atoms with Crippen LogP contribution in [-0.4, -0.2) is 0 Å². The molecule has 1 radical (unpaired) electrons. The Balaban J connectivity index is 2.97. The minimum absolute atomic E-state index is 1.09. The van der Waals surface area contributed by atoms with Crippen LogP contribution in [0.5, 0.6) is 0 Å². The standard InChI is InChI=1S/C17H33/c1-3-5-7-9-11-13-15-17-16-14-12-10-8-6-4-2/h11,13H,1,3-10,12,14-17H2,2H3/b13-11+. The second kappa shape index (κ2) is 15.7. The minimum atomic E-state index is 1.09. The van der Waals surface area contributed by atoms with Crippen molar-refractivity contribution in [1.29, 1.82) is 0 Å². The molecule has 0 spiro atoms. The summed E-state index contributed by atoms with van der Waals surface area (Å²) in [6.45, 7) is 6.14. The van der Waals surface area contributed by atoms with Gasteiger partial charge >= 0.3 is 0 Å². The van der Waals surface area contributed by atoms with Gasteiger partial charge in [-0.3, -0.25) is 0 Å². The summed E-state index contributed by atoms with van der Waals surface area (Å²) in [5.74, 6) is 0. The van der Waals surface area contributed by atoms with Crippen molar-refractivity contribution < 1.29 is 0 Å². The SMILES string of the molecule is [CH2]CCCC/C=C/CCCCCCCCCC. The van der Waals surface area contributed by atoms with E-state index in [2.05, 4.69) is 26.0 Å². The summed E-state index contributed by atoms with van der Waals surface area (Å²) in [4.78, 5) is 0. The molecule has 0 rings (SSSR count). The summed E-state index contributed by atoms with van der Waals surface area (Å²) in [5, 5.41) is 0. The Labute approximate surface area is 110 Å². The molecule has 0 saturated heterocycles. The molecule has 0 saturated carbocycles. The molecule has 0 aromatic heterocycles. The number of hydrogen-bond acceptors (Lipinski definition) is 0. The molecule has 0 amide bonds. The second-order valence-corrected chi connectivity index (χ2v) is 5.08. The third-order valence-corrected chi connectivity index (χ3v) is 3.26. The van der Waals surface area contributed by atoms with Gasteiger partial charge in [0.1, 0.15) is 0 Å². The molecule has 17 heavy (non-hydrogen) atoms. The third kappa shape index (κ3) is 15.7. The predicted octanol–water partition coefficient (Wildman–Crippen LogP) is 6.47. The Hall–Kier alpha value is -0.260. The highest BCUT2D eigenvalue weighted by molar-refractivity contribution is 4.81. The molecule has 0 N–H and O–H groups in total.